The molecule has 0 aliphatic carbocycles. The van der Waals surface area contributed by atoms with Gasteiger partial charge >= 0.3 is 6.03 Å². The number of benzene rings is 1. The largest absolute Gasteiger partial charge is 0.352 e. The maximum absolute atomic E-state index is 13.9. The van der Waals surface area contributed by atoms with Crippen molar-refractivity contribution in [2.75, 3.05) is 12.4 Å². The SMILES string of the molecule is NC(=O)NCCn1c(CCCl)nc2ccc(F)c(F)c21. The third kappa shape index (κ3) is 2.82. The first-order valence-corrected chi connectivity index (χ1v) is 6.50. The van der Waals surface area contributed by atoms with E-state index in [-0.39, 0.29) is 18.6 Å². The van der Waals surface area contributed by atoms with Gasteiger partial charge in [0.25, 0.3) is 0 Å². The number of carbonyl (C=O) groups is 1. The predicted octanol–water partition coefficient (Wildman–Crippen LogP) is 1.76. The van der Waals surface area contributed by atoms with Crippen molar-refractivity contribution in [3.8, 4) is 0 Å². The molecule has 5 nitrogen and oxygen atoms in total. The summed E-state index contributed by atoms with van der Waals surface area (Å²) in [6, 6.07) is 1.75. The average molecular weight is 303 g/mol. The van der Waals surface area contributed by atoms with E-state index >= 15 is 0 Å². The fourth-order valence-corrected chi connectivity index (χ4v) is 2.18. The summed E-state index contributed by atoms with van der Waals surface area (Å²) in [7, 11) is 0. The minimum Gasteiger partial charge on any atom is -0.352 e. The Kier molecular flexibility index (Phi) is 4.39. The molecule has 1 aromatic carbocycles. The van der Waals surface area contributed by atoms with Crippen LogP contribution in [0.1, 0.15) is 5.82 Å². The van der Waals surface area contributed by atoms with Crippen LogP contribution in [0.5, 0.6) is 0 Å². The van der Waals surface area contributed by atoms with E-state index in [0.717, 1.165) is 6.07 Å². The molecule has 0 bridgehead atoms. The number of primary amides is 1. The van der Waals surface area contributed by atoms with Crippen LogP contribution < -0.4 is 11.1 Å². The molecule has 8 heteroatoms. The highest BCUT2D eigenvalue weighted by Gasteiger charge is 2.17. The van der Waals surface area contributed by atoms with Gasteiger partial charge in [-0.25, -0.2) is 18.6 Å². The molecule has 1 aromatic heterocycles. The van der Waals surface area contributed by atoms with Crippen molar-refractivity contribution in [2.24, 2.45) is 5.73 Å². The number of carbonyl (C=O) groups excluding carboxylic acids is 1. The van der Waals surface area contributed by atoms with Gasteiger partial charge in [0, 0.05) is 25.4 Å². The number of amides is 2. The smallest absolute Gasteiger partial charge is 0.312 e. The van der Waals surface area contributed by atoms with Gasteiger partial charge in [-0.15, -0.1) is 11.6 Å². The molecule has 0 saturated carbocycles. The number of hydrogen-bond donors (Lipinski definition) is 2. The molecule has 0 fully saturated rings. The molecule has 0 radical (unpaired) electrons. The van der Waals surface area contributed by atoms with Gasteiger partial charge in [-0.1, -0.05) is 0 Å². The molecule has 0 aliphatic rings. The van der Waals surface area contributed by atoms with Crippen LogP contribution in [0.3, 0.4) is 0 Å². The quantitative estimate of drug-likeness (QED) is 0.826. The Labute approximate surface area is 118 Å². The Morgan fingerprint density at radius 3 is 2.85 bits per heavy atom. The second-order valence-corrected chi connectivity index (χ2v) is 4.52. The maximum Gasteiger partial charge on any atom is 0.312 e. The van der Waals surface area contributed by atoms with Crippen LogP contribution in [0.2, 0.25) is 0 Å². The zero-order chi connectivity index (χ0) is 14.7. The summed E-state index contributed by atoms with van der Waals surface area (Å²) < 4.78 is 28.8. The monoisotopic (exact) mass is 302 g/mol. The number of nitrogens with zero attached hydrogens (tertiary/aromatic N) is 2. The van der Waals surface area contributed by atoms with Gasteiger partial charge in [0.1, 0.15) is 11.3 Å². The molecule has 0 atom stereocenters. The van der Waals surface area contributed by atoms with Gasteiger partial charge in [0.15, 0.2) is 11.6 Å². The number of alkyl halides is 1. The lowest BCUT2D eigenvalue weighted by Gasteiger charge is -2.09. The van der Waals surface area contributed by atoms with E-state index < -0.39 is 17.7 Å². The second-order valence-electron chi connectivity index (χ2n) is 4.14. The number of rotatable bonds is 5. The number of halogens is 3. The van der Waals surface area contributed by atoms with Gasteiger partial charge < -0.3 is 15.6 Å². The lowest BCUT2D eigenvalue weighted by atomic mass is 10.3. The van der Waals surface area contributed by atoms with Crippen LogP contribution in [-0.4, -0.2) is 28.0 Å². The molecule has 3 N–H and O–H groups in total. The lowest BCUT2D eigenvalue weighted by Crippen LogP contribution is -2.32. The number of imidazole rings is 1. The molecule has 0 aliphatic heterocycles. The lowest BCUT2D eigenvalue weighted by molar-refractivity contribution is 0.248. The van der Waals surface area contributed by atoms with E-state index in [9.17, 15) is 13.6 Å². The molecule has 2 amide bonds. The molecule has 0 spiro atoms. The van der Waals surface area contributed by atoms with Crippen LogP contribution in [0.15, 0.2) is 12.1 Å². The minimum atomic E-state index is -0.963. The Bertz CT molecular complexity index is 644. The summed E-state index contributed by atoms with van der Waals surface area (Å²) in [4.78, 5) is 14.9. The molecule has 0 unspecified atom stereocenters. The van der Waals surface area contributed by atoms with Crippen LogP contribution in [-0.2, 0) is 13.0 Å². The molecular weight excluding hydrogens is 290 g/mol. The Morgan fingerprint density at radius 1 is 1.45 bits per heavy atom. The van der Waals surface area contributed by atoms with E-state index in [2.05, 4.69) is 10.3 Å². The zero-order valence-corrected chi connectivity index (χ0v) is 11.3. The first-order valence-electron chi connectivity index (χ1n) is 5.97. The van der Waals surface area contributed by atoms with Gasteiger partial charge in [0.2, 0.25) is 0 Å². The molecule has 2 rings (SSSR count). The van der Waals surface area contributed by atoms with Crippen LogP contribution >= 0.6 is 11.6 Å². The Balaban J connectivity index is 2.43. The number of urea groups is 1. The first-order chi connectivity index (χ1) is 9.54. The summed E-state index contributed by atoms with van der Waals surface area (Å²) in [6.07, 6.45) is 0.411. The van der Waals surface area contributed by atoms with Crippen LogP contribution in [0, 0.1) is 11.6 Å². The third-order valence-corrected chi connectivity index (χ3v) is 3.02. The standard InChI is InChI=1S/C12H13ClF2N4O/c13-4-3-9-18-8-2-1-7(14)10(15)11(8)19(9)6-5-17-12(16)20/h1-2H,3-6H2,(H3,16,17,20). The second kappa shape index (κ2) is 6.04. The van der Waals surface area contributed by atoms with Crippen molar-refractivity contribution in [1.29, 1.82) is 0 Å². The van der Waals surface area contributed by atoms with Crippen molar-refractivity contribution >= 4 is 28.7 Å². The van der Waals surface area contributed by atoms with E-state index in [0.29, 0.717) is 23.6 Å². The normalized spacial score (nSPS) is 10.9. The number of fused-ring (bicyclic) bond motifs is 1. The first kappa shape index (κ1) is 14.5. The molecule has 20 heavy (non-hydrogen) atoms. The van der Waals surface area contributed by atoms with Crippen molar-refractivity contribution in [2.45, 2.75) is 13.0 Å². The molecule has 108 valence electrons. The number of nitrogens with two attached hydrogens (primary N) is 1. The predicted molar refractivity (Wildman–Crippen MR) is 71.7 cm³/mol. The number of nitrogens with one attached hydrogen (secondary N) is 1. The fourth-order valence-electron chi connectivity index (χ4n) is 2.01. The van der Waals surface area contributed by atoms with Crippen molar-refractivity contribution in [1.82, 2.24) is 14.9 Å². The topological polar surface area (TPSA) is 72.9 Å². The average Bonchev–Trinajstić information content (AvgIpc) is 2.73. The summed E-state index contributed by atoms with van der Waals surface area (Å²) in [5.41, 5.74) is 5.38. The van der Waals surface area contributed by atoms with E-state index in [1.807, 2.05) is 0 Å². The van der Waals surface area contributed by atoms with Crippen LogP contribution in [0.4, 0.5) is 13.6 Å². The summed E-state index contributed by atoms with van der Waals surface area (Å²) in [6.45, 7) is 0.415. The highest BCUT2D eigenvalue weighted by Crippen LogP contribution is 2.22. The zero-order valence-electron chi connectivity index (χ0n) is 10.5. The summed E-state index contributed by atoms with van der Waals surface area (Å²) in [5.74, 6) is -1.07. The van der Waals surface area contributed by atoms with Crippen molar-refractivity contribution < 1.29 is 13.6 Å². The molecular formula is C12H13ClF2N4O. The Hall–Kier alpha value is -1.89. The fraction of sp³-hybridized carbons (Fsp3) is 0.333. The van der Waals surface area contributed by atoms with E-state index in [1.54, 1.807) is 0 Å². The van der Waals surface area contributed by atoms with Gasteiger partial charge in [-0.2, -0.15) is 0 Å². The minimum absolute atomic E-state index is 0.0661. The summed E-state index contributed by atoms with van der Waals surface area (Å²) >= 11 is 5.68. The molecule has 1 heterocycles. The molecule has 2 aromatic rings. The van der Waals surface area contributed by atoms with Crippen molar-refractivity contribution in [3.05, 3.63) is 29.6 Å². The number of aryl methyl sites for hydroxylation is 1. The maximum atomic E-state index is 13.9. The van der Waals surface area contributed by atoms with Crippen molar-refractivity contribution in [3.63, 3.8) is 0 Å². The number of aromatic nitrogens is 2. The van der Waals surface area contributed by atoms with Gasteiger partial charge in [0.05, 0.1) is 5.52 Å². The highest BCUT2D eigenvalue weighted by atomic mass is 35.5. The van der Waals surface area contributed by atoms with E-state index in [4.69, 9.17) is 17.3 Å². The van der Waals surface area contributed by atoms with Crippen LogP contribution in [0.25, 0.3) is 11.0 Å². The van der Waals surface area contributed by atoms with E-state index in [1.165, 1.54) is 10.6 Å². The summed E-state index contributed by atoms with van der Waals surface area (Å²) in [5, 5.41) is 2.39. The highest BCUT2D eigenvalue weighted by molar-refractivity contribution is 6.17. The van der Waals surface area contributed by atoms with Gasteiger partial charge in [-0.3, -0.25) is 0 Å². The number of hydrogen-bond acceptors (Lipinski definition) is 2. The Morgan fingerprint density at radius 2 is 2.20 bits per heavy atom. The third-order valence-electron chi connectivity index (χ3n) is 2.83. The van der Waals surface area contributed by atoms with Gasteiger partial charge in [-0.05, 0) is 12.1 Å². The molecule has 0 saturated heterocycles.